The molecule has 3 nitrogen and oxygen atoms in total. The molecule has 1 fully saturated rings. The lowest BCUT2D eigenvalue weighted by Gasteiger charge is -2.34. The zero-order valence-electron chi connectivity index (χ0n) is 14.4. The second kappa shape index (κ2) is 7.01. The number of aliphatic hydroxyl groups is 1. The molecule has 0 amide bonds. The highest BCUT2D eigenvalue weighted by Gasteiger charge is 2.38. The van der Waals surface area contributed by atoms with E-state index in [1.165, 1.54) is 0 Å². The summed E-state index contributed by atoms with van der Waals surface area (Å²) >= 11 is 6.45. The minimum atomic E-state index is -1.11. The molecule has 0 saturated heterocycles. The minimum Gasteiger partial charge on any atom is -0.396 e. The van der Waals surface area contributed by atoms with Crippen LogP contribution in [0.1, 0.15) is 64.1 Å². The number of rotatable bonds is 5. The third-order valence-electron chi connectivity index (χ3n) is 5.76. The van der Waals surface area contributed by atoms with Crippen molar-refractivity contribution >= 4 is 17.2 Å². The Kier molecular flexibility index (Phi) is 5.16. The summed E-state index contributed by atoms with van der Waals surface area (Å²) in [7, 11) is 0. The largest absolute Gasteiger partial charge is 0.396 e. The molecule has 0 bridgehead atoms. The van der Waals surface area contributed by atoms with Crippen molar-refractivity contribution < 1.29 is 9.50 Å². The number of allylic oxidation sites excluding steroid dienone is 4. The van der Waals surface area contributed by atoms with Crippen molar-refractivity contribution in [2.75, 3.05) is 6.61 Å². The quantitative estimate of drug-likeness (QED) is 0.807. The van der Waals surface area contributed by atoms with E-state index in [0.717, 1.165) is 41.1 Å². The number of imidazole rings is 1. The van der Waals surface area contributed by atoms with E-state index in [4.69, 9.17) is 11.6 Å². The molecule has 5 heteroatoms. The monoisotopic (exact) mass is 352 g/mol. The second-order valence-electron chi connectivity index (χ2n) is 7.19. The van der Waals surface area contributed by atoms with Crippen molar-refractivity contribution in [1.29, 1.82) is 0 Å². The van der Waals surface area contributed by atoms with Crippen LogP contribution < -0.4 is 0 Å². The molecule has 1 aliphatic heterocycles. The molecule has 1 aromatic heterocycles. The van der Waals surface area contributed by atoms with Crippen LogP contribution in [0.2, 0.25) is 0 Å². The van der Waals surface area contributed by atoms with E-state index in [2.05, 4.69) is 16.5 Å². The molecule has 1 aliphatic carbocycles. The molecule has 1 saturated carbocycles. The van der Waals surface area contributed by atoms with Gasteiger partial charge in [0.25, 0.3) is 0 Å². The molecule has 1 unspecified atom stereocenters. The average Bonchev–Trinajstić information content (AvgIpc) is 3.16. The molecule has 0 radical (unpaired) electrons. The SMILES string of the molecule is C/C=C(/Cl)C1=C(C)c2cncn2C1CCC1(F)CCC(CO)CC1. The molecule has 2 heterocycles. The smallest absolute Gasteiger partial charge is 0.111 e. The van der Waals surface area contributed by atoms with Crippen molar-refractivity contribution in [2.24, 2.45) is 5.92 Å². The predicted octanol–water partition coefficient (Wildman–Crippen LogP) is 5.02. The van der Waals surface area contributed by atoms with Crippen LogP contribution in [0.25, 0.3) is 5.57 Å². The maximum absolute atomic E-state index is 15.2. The Morgan fingerprint density at radius 3 is 2.83 bits per heavy atom. The van der Waals surface area contributed by atoms with Gasteiger partial charge in [-0.15, -0.1) is 0 Å². The van der Waals surface area contributed by atoms with Gasteiger partial charge in [-0.05, 0) is 69.4 Å². The molecule has 132 valence electrons. The van der Waals surface area contributed by atoms with E-state index < -0.39 is 5.67 Å². The molecule has 0 spiro atoms. The first-order valence-corrected chi connectivity index (χ1v) is 9.22. The van der Waals surface area contributed by atoms with Crippen LogP contribution in [0.4, 0.5) is 4.39 Å². The highest BCUT2D eigenvalue weighted by molar-refractivity contribution is 6.32. The summed E-state index contributed by atoms with van der Waals surface area (Å²) in [4.78, 5) is 4.24. The number of hydrogen-bond donors (Lipinski definition) is 1. The Morgan fingerprint density at radius 2 is 2.21 bits per heavy atom. The molecule has 1 atom stereocenters. The number of aliphatic hydroxyl groups excluding tert-OH is 1. The highest BCUT2D eigenvalue weighted by Crippen LogP contribution is 2.46. The van der Waals surface area contributed by atoms with Gasteiger partial charge in [-0.3, -0.25) is 0 Å². The Morgan fingerprint density at radius 1 is 1.50 bits per heavy atom. The van der Waals surface area contributed by atoms with Gasteiger partial charge in [0, 0.05) is 11.6 Å². The van der Waals surface area contributed by atoms with Gasteiger partial charge in [-0.2, -0.15) is 0 Å². The number of fused-ring (bicyclic) bond motifs is 1. The first-order valence-electron chi connectivity index (χ1n) is 8.84. The third-order valence-corrected chi connectivity index (χ3v) is 6.18. The second-order valence-corrected chi connectivity index (χ2v) is 7.60. The lowest BCUT2D eigenvalue weighted by atomic mass is 9.77. The molecule has 3 rings (SSSR count). The van der Waals surface area contributed by atoms with Gasteiger partial charge in [0.05, 0.1) is 24.3 Å². The van der Waals surface area contributed by atoms with E-state index in [9.17, 15) is 5.11 Å². The fraction of sp³-hybridized carbons (Fsp3) is 0.632. The number of nitrogens with zero attached hydrogens (tertiary/aromatic N) is 2. The normalized spacial score (nSPS) is 30.8. The van der Waals surface area contributed by atoms with Crippen molar-refractivity contribution in [3.8, 4) is 0 Å². The standard InChI is InChI=1S/C19H26ClFN2O/c1-3-15(20)18-13(2)17-10-22-12-23(17)16(18)6-9-19(21)7-4-14(11-24)5-8-19/h3,10,12,14,16,24H,4-9,11H2,1-2H3/b15-3+. The topological polar surface area (TPSA) is 38.0 Å². The zero-order valence-corrected chi connectivity index (χ0v) is 15.2. The van der Waals surface area contributed by atoms with Crippen LogP contribution in [0.15, 0.2) is 29.2 Å². The lowest BCUT2D eigenvalue weighted by molar-refractivity contribution is 0.0529. The number of aromatic nitrogens is 2. The van der Waals surface area contributed by atoms with Crippen LogP contribution in [-0.2, 0) is 0 Å². The number of alkyl halides is 1. The molecule has 2 aliphatic rings. The van der Waals surface area contributed by atoms with E-state index in [-0.39, 0.29) is 18.6 Å². The van der Waals surface area contributed by atoms with Gasteiger partial charge in [-0.1, -0.05) is 17.7 Å². The van der Waals surface area contributed by atoms with Gasteiger partial charge < -0.3 is 9.67 Å². The first-order chi connectivity index (χ1) is 11.5. The van der Waals surface area contributed by atoms with Crippen molar-refractivity contribution in [3.63, 3.8) is 0 Å². The zero-order chi connectivity index (χ0) is 17.3. The van der Waals surface area contributed by atoms with E-state index in [0.29, 0.717) is 19.3 Å². The van der Waals surface area contributed by atoms with E-state index >= 15 is 4.39 Å². The molecule has 1 aromatic rings. The summed E-state index contributed by atoms with van der Waals surface area (Å²) < 4.78 is 17.3. The number of hydrogen-bond acceptors (Lipinski definition) is 2. The van der Waals surface area contributed by atoms with Crippen molar-refractivity contribution in [1.82, 2.24) is 9.55 Å². The number of halogens is 2. The Balaban J connectivity index is 1.75. The van der Waals surface area contributed by atoms with Gasteiger partial charge in [0.15, 0.2) is 0 Å². The fourth-order valence-corrected chi connectivity index (χ4v) is 4.44. The van der Waals surface area contributed by atoms with Gasteiger partial charge in [0.2, 0.25) is 0 Å². The van der Waals surface area contributed by atoms with Crippen molar-refractivity contribution in [2.45, 2.75) is 64.1 Å². The minimum absolute atomic E-state index is 0.0643. The Bertz CT molecular complexity index is 656. The maximum Gasteiger partial charge on any atom is 0.111 e. The molecule has 1 N–H and O–H groups in total. The summed E-state index contributed by atoms with van der Waals surface area (Å²) in [6.45, 7) is 4.17. The summed E-state index contributed by atoms with van der Waals surface area (Å²) in [6, 6.07) is 0.0643. The van der Waals surface area contributed by atoms with Gasteiger partial charge in [0.1, 0.15) is 5.67 Å². The van der Waals surface area contributed by atoms with E-state index in [1.54, 1.807) is 0 Å². The molecule has 24 heavy (non-hydrogen) atoms. The average molecular weight is 353 g/mol. The molecule has 0 aromatic carbocycles. The summed E-state index contributed by atoms with van der Waals surface area (Å²) in [5.74, 6) is 0.274. The van der Waals surface area contributed by atoms with Crippen LogP contribution in [0.3, 0.4) is 0 Å². The summed E-state index contributed by atoms with van der Waals surface area (Å²) in [6.07, 6.45) is 9.50. The fourth-order valence-electron chi connectivity index (χ4n) is 4.17. The third kappa shape index (κ3) is 3.18. The lowest BCUT2D eigenvalue weighted by Crippen LogP contribution is -2.31. The Labute approximate surface area is 148 Å². The van der Waals surface area contributed by atoms with Gasteiger partial charge >= 0.3 is 0 Å². The van der Waals surface area contributed by atoms with Gasteiger partial charge in [-0.25, -0.2) is 9.37 Å². The van der Waals surface area contributed by atoms with Crippen LogP contribution in [0, 0.1) is 5.92 Å². The van der Waals surface area contributed by atoms with Crippen LogP contribution in [-0.4, -0.2) is 26.9 Å². The maximum atomic E-state index is 15.2. The Hall–Kier alpha value is -1.13. The predicted molar refractivity (Wildman–Crippen MR) is 95.6 cm³/mol. The summed E-state index contributed by atoms with van der Waals surface area (Å²) in [5.41, 5.74) is 2.20. The highest BCUT2D eigenvalue weighted by atomic mass is 35.5. The van der Waals surface area contributed by atoms with Crippen LogP contribution in [0.5, 0.6) is 0 Å². The first kappa shape index (κ1) is 17.7. The van der Waals surface area contributed by atoms with E-state index in [1.807, 2.05) is 25.5 Å². The van der Waals surface area contributed by atoms with Crippen molar-refractivity contribution in [3.05, 3.63) is 34.9 Å². The molecular weight excluding hydrogens is 327 g/mol. The summed E-state index contributed by atoms with van der Waals surface area (Å²) in [5, 5.41) is 9.99. The molecular formula is C19H26ClFN2O. The van der Waals surface area contributed by atoms with Crippen LogP contribution >= 0.6 is 11.6 Å².